The Morgan fingerprint density at radius 1 is 1.39 bits per heavy atom. The highest BCUT2D eigenvalue weighted by molar-refractivity contribution is 5.81. The molecular weight excluding hydrogens is 249 g/mol. The van der Waals surface area contributed by atoms with E-state index in [0.29, 0.717) is 26.1 Å². The lowest BCUT2D eigenvalue weighted by Crippen LogP contribution is -2.47. The van der Waals surface area contributed by atoms with Crippen LogP contribution < -0.4 is 5.73 Å². The van der Waals surface area contributed by atoms with Gasteiger partial charge >= 0.3 is 6.18 Å². The van der Waals surface area contributed by atoms with Crippen LogP contribution in [0.15, 0.2) is 0 Å². The second kappa shape index (κ2) is 8.31. The largest absolute Gasteiger partial charge is 0.406 e. The summed E-state index contributed by atoms with van der Waals surface area (Å²) in [6.45, 7) is 3.04. The Bertz CT molecular complexity index is 247. The summed E-state index contributed by atoms with van der Waals surface area (Å²) in [5, 5.41) is 0. The first-order chi connectivity index (χ1) is 8.31. The number of nitrogens with zero attached hydrogens (tertiary/aromatic N) is 1. The molecular formula is C11H21F3N2O2. The SMILES string of the molecule is CCOCCCN(CC(F)(F)F)C(=O)C(N)CC. The number of hydrogen-bond acceptors (Lipinski definition) is 3. The van der Waals surface area contributed by atoms with Crippen LogP contribution in [0.3, 0.4) is 0 Å². The average molecular weight is 270 g/mol. The van der Waals surface area contributed by atoms with Gasteiger partial charge in [-0.25, -0.2) is 0 Å². The quantitative estimate of drug-likeness (QED) is 0.681. The van der Waals surface area contributed by atoms with Gasteiger partial charge in [0, 0.05) is 19.8 Å². The van der Waals surface area contributed by atoms with Gasteiger partial charge in [0.25, 0.3) is 0 Å². The third kappa shape index (κ3) is 7.50. The minimum atomic E-state index is -4.41. The van der Waals surface area contributed by atoms with Gasteiger partial charge in [0.05, 0.1) is 6.04 Å². The van der Waals surface area contributed by atoms with Crippen molar-refractivity contribution in [1.82, 2.24) is 4.90 Å². The molecule has 1 atom stereocenters. The standard InChI is InChI=1S/C11H21F3N2O2/c1-3-9(15)10(17)16(8-11(12,13)14)6-5-7-18-4-2/h9H,3-8,15H2,1-2H3. The van der Waals surface area contributed by atoms with Crippen molar-refractivity contribution in [3.63, 3.8) is 0 Å². The number of halogens is 3. The van der Waals surface area contributed by atoms with Crippen LogP contribution in [0.2, 0.25) is 0 Å². The van der Waals surface area contributed by atoms with Gasteiger partial charge in [-0.1, -0.05) is 6.92 Å². The van der Waals surface area contributed by atoms with Gasteiger partial charge in [-0.05, 0) is 19.8 Å². The molecule has 0 rings (SSSR count). The van der Waals surface area contributed by atoms with Crippen molar-refractivity contribution in [3.05, 3.63) is 0 Å². The highest BCUT2D eigenvalue weighted by Crippen LogP contribution is 2.17. The van der Waals surface area contributed by atoms with Gasteiger partial charge in [-0.2, -0.15) is 13.2 Å². The van der Waals surface area contributed by atoms with Crippen LogP contribution in [-0.2, 0) is 9.53 Å². The number of ether oxygens (including phenoxy) is 1. The maximum absolute atomic E-state index is 12.3. The Hall–Kier alpha value is -0.820. The van der Waals surface area contributed by atoms with Crippen LogP contribution in [0, 0.1) is 0 Å². The minimum absolute atomic E-state index is 0.00600. The first-order valence-corrected chi connectivity index (χ1v) is 6.00. The first kappa shape index (κ1) is 17.2. The fourth-order valence-electron chi connectivity index (χ4n) is 1.39. The smallest absolute Gasteiger partial charge is 0.382 e. The lowest BCUT2D eigenvalue weighted by Gasteiger charge is -2.26. The molecule has 0 fully saturated rings. The number of alkyl halides is 3. The van der Waals surface area contributed by atoms with Gasteiger partial charge in [0.15, 0.2) is 0 Å². The average Bonchev–Trinajstić information content (AvgIpc) is 2.29. The van der Waals surface area contributed by atoms with Gasteiger partial charge in [-0.15, -0.1) is 0 Å². The predicted octanol–water partition coefficient (Wildman–Crippen LogP) is 1.54. The third-order valence-electron chi connectivity index (χ3n) is 2.36. The first-order valence-electron chi connectivity index (χ1n) is 6.00. The lowest BCUT2D eigenvalue weighted by atomic mass is 10.2. The molecule has 0 radical (unpaired) electrons. The summed E-state index contributed by atoms with van der Waals surface area (Å²) in [6.07, 6.45) is -3.72. The summed E-state index contributed by atoms with van der Waals surface area (Å²) in [7, 11) is 0. The molecule has 0 aliphatic carbocycles. The van der Waals surface area contributed by atoms with Gasteiger partial charge in [-0.3, -0.25) is 4.79 Å². The van der Waals surface area contributed by atoms with E-state index >= 15 is 0 Å². The fourth-order valence-corrected chi connectivity index (χ4v) is 1.39. The summed E-state index contributed by atoms with van der Waals surface area (Å²) in [5.74, 6) is -0.661. The molecule has 1 amide bonds. The Morgan fingerprint density at radius 3 is 2.44 bits per heavy atom. The summed E-state index contributed by atoms with van der Waals surface area (Å²) >= 11 is 0. The van der Waals surface area contributed by atoms with Crippen molar-refractivity contribution in [1.29, 1.82) is 0 Å². The molecule has 7 heteroatoms. The highest BCUT2D eigenvalue weighted by Gasteiger charge is 2.33. The second-order valence-electron chi connectivity index (χ2n) is 3.94. The van der Waals surface area contributed by atoms with E-state index in [2.05, 4.69) is 0 Å². The van der Waals surface area contributed by atoms with E-state index < -0.39 is 24.7 Å². The lowest BCUT2D eigenvalue weighted by molar-refractivity contribution is -0.162. The van der Waals surface area contributed by atoms with Crippen molar-refractivity contribution in [3.8, 4) is 0 Å². The molecule has 108 valence electrons. The van der Waals surface area contributed by atoms with Crippen LogP contribution in [0.25, 0.3) is 0 Å². The van der Waals surface area contributed by atoms with Gasteiger partial charge in [0.1, 0.15) is 6.54 Å². The van der Waals surface area contributed by atoms with E-state index in [4.69, 9.17) is 10.5 Å². The molecule has 0 aromatic heterocycles. The van der Waals surface area contributed by atoms with Crippen molar-refractivity contribution < 1.29 is 22.7 Å². The fraction of sp³-hybridized carbons (Fsp3) is 0.909. The molecule has 0 aliphatic rings. The van der Waals surface area contributed by atoms with Crippen molar-refractivity contribution in [2.45, 2.75) is 38.9 Å². The summed E-state index contributed by atoms with van der Waals surface area (Å²) < 4.78 is 42.1. The summed E-state index contributed by atoms with van der Waals surface area (Å²) in [4.78, 5) is 12.4. The van der Waals surface area contributed by atoms with E-state index in [1.54, 1.807) is 13.8 Å². The molecule has 0 spiro atoms. The maximum Gasteiger partial charge on any atom is 0.406 e. The number of rotatable bonds is 8. The molecule has 0 heterocycles. The van der Waals surface area contributed by atoms with Crippen LogP contribution in [0.4, 0.5) is 13.2 Å². The van der Waals surface area contributed by atoms with E-state index in [-0.39, 0.29) is 6.54 Å². The normalized spacial score (nSPS) is 13.4. The third-order valence-corrected chi connectivity index (χ3v) is 2.36. The molecule has 2 N–H and O–H groups in total. The van der Waals surface area contributed by atoms with E-state index in [9.17, 15) is 18.0 Å². The zero-order valence-corrected chi connectivity index (χ0v) is 10.8. The summed E-state index contributed by atoms with van der Waals surface area (Å²) in [6, 6.07) is -0.876. The van der Waals surface area contributed by atoms with E-state index in [1.807, 2.05) is 0 Å². The molecule has 0 aromatic rings. The van der Waals surface area contributed by atoms with Crippen molar-refractivity contribution >= 4 is 5.91 Å². The molecule has 18 heavy (non-hydrogen) atoms. The Balaban J connectivity index is 4.38. The number of carbonyl (C=O) groups is 1. The monoisotopic (exact) mass is 270 g/mol. The van der Waals surface area contributed by atoms with E-state index in [1.165, 1.54) is 0 Å². The second-order valence-corrected chi connectivity index (χ2v) is 3.94. The van der Waals surface area contributed by atoms with Crippen LogP contribution in [0.1, 0.15) is 26.7 Å². The topological polar surface area (TPSA) is 55.6 Å². The van der Waals surface area contributed by atoms with Gasteiger partial charge in [0.2, 0.25) is 5.91 Å². The molecule has 0 saturated carbocycles. The minimum Gasteiger partial charge on any atom is -0.382 e. The molecule has 1 unspecified atom stereocenters. The van der Waals surface area contributed by atoms with Gasteiger partial charge < -0.3 is 15.4 Å². The number of amides is 1. The number of carbonyl (C=O) groups excluding carboxylic acids is 1. The molecule has 0 bridgehead atoms. The van der Waals surface area contributed by atoms with Crippen molar-refractivity contribution in [2.75, 3.05) is 26.3 Å². The Labute approximate surface area is 105 Å². The van der Waals surface area contributed by atoms with Crippen molar-refractivity contribution in [2.24, 2.45) is 5.73 Å². The molecule has 4 nitrogen and oxygen atoms in total. The van der Waals surface area contributed by atoms with E-state index in [0.717, 1.165) is 4.90 Å². The molecule has 0 aromatic carbocycles. The Morgan fingerprint density at radius 2 is 2.00 bits per heavy atom. The van der Waals surface area contributed by atoms with Crippen LogP contribution >= 0.6 is 0 Å². The highest BCUT2D eigenvalue weighted by atomic mass is 19.4. The predicted molar refractivity (Wildman–Crippen MR) is 62.0 cm³/mol. The Kier molecular flexibility index (Phi) is 7.93. The van der Waals surface area contributed by atoms with Crippen LogP contribution in [-0.4, -0.2) is 49.3 Å². The van der Waals surface area contributed by atoms with Crippen LogP contribution in [0.5, 0.6) is 0 Å². The molecule has 0 saturated heterocycles. The zero-order valence-electron chi connectivity index (χ0n) is 10.8. The summed E-state index contributed by atoms with van der Waals surface area (Å²) in [5.41, 5.74) is 5.48. The number of nitrogens with two attached hydrogens (primary N) is 1. The number of hydrogen-bond donors (Lipinski definition) is 1. The zero-order chi connectivity index (χ0) is 14.2. The molecule has 0 aliphatic heterocycles. The maximum atomic E-state index is 12.3.